The van der Waals surface area contributed by atoms with E-state index in [0.29, 0.717) is 29.6 Å². The van der Waals surface area contributed by atoms with E-state index in [9.17, 15) is 18.4 Å². The maximum absolute atomic E-state index is 13.2. The lowest BCUT2D eigenvalue weighted by atomic mass is 10.2. The lowest BCUT2D eigenvalue weighted by Crippen LogP contribution is -2.32. The predicted octanol–water partition coefficient (Wildman–Crippen LogP) is 4.09. The van der Waals surface area contributed by atoms with Crippen molar-refractivity contribution in [2.24, 2.45) is 4.99 Å². The number of nitrogens with zero attached hydrogens (tertiary/aromatic N) is 2. The zero-order valence-electron chi connectivity index (χ0n) is 16.9. The highest BCUT2D eigenvalue weighted by Crippen LogP contribution is 2.34. The SMILES string of the molecule is COc1ccc(/C=C2\N=C(S[C@H]3CCOC3=O)N(c3ccc(OC(F)F)cc3)C2=O)cc1. The Hall–Kier alpha value is -3.40. The van der Waals surface area contributed by atoms with Crippen LogP contribution in [0, 0.1) is 0 Å². The van der Waals surface area contributed by atoms with E-state index in [1.165, 1.54) is 29.2 Å². The van der Waals surface area contributed by atoms with Crippen LogP contribution in [0.15, 0.2) is 59.2 Å². The van der Waals surface area contributed by atoms with E-state index in [1.54, 1.807) is 37.5 Å². The molecule has 0 aromatic heterocycles. The number of alkyl halides is 2. The van der Waals surface area contributed by atoms with Crippen molar-refractivity contribution >= 4 is 40.6 Å². The van der Waals surface area contributed by atoms with Crippen molar-refractivity contribution in [3.05, 3.63) is 59.8 Å². The number of anilines is 1. The number of hydrogen-bond donors (Lipinski definition) is 0. The number of benzene rings is 2. The van der Waals surface area contributed by atoms with E-state index in [1.807, 2.05) is 0 Å². The van der Waals surface area contributed by atoms with Crippen molar-refractivity contribution in [1.82, 2.24) is 0 Å². The van der Waals surface area contributed by atoms with E-state index >= 15 is 0 Å². The maximum atomic E-state index is 13.2. The smallest absolute Gasteiger partial charge is 0.387 e. The Labute approximate surface area is 186 Å². The monoisotopic (exact) mass is 460 g/mol. The normalized spacial score (nSPS) is 19.5. The van der Waals surface area contributed by atoms with Crippen LogP contribution in [-0.2, 0) is 14.3 Å². The van der Waals surface area contributed by atoms with Gasteiger partial charge in [-0.15, -0.1) is 0 Å². The molecule has 1 amide bonds. The number of thioether (sulfide) groups is 1. The highest BCUT2D eigenvalue weighted by Gasteiger charge is 2.37. The number of cyclic esters (lactones) is 1. The van der Waals surface area contributed by atoms with Gasteiger partial charge in [0, 0.05) is 6.42 Å². The van der Waals surface area contributed by atoms with Crippen LogP contribution in [0.3, 0.4) is 0 Å². The number of esters is 1. The molecule has 166 valence electrons. The van der Waals surface area contributed by atoms with E-state index in [2.05, 4.69) is 9.73 Å². The van der Waals surface area contributed by atoms with Crippen LogP contribution in [0.2, 0.25) is 0 Å². The number of ether oxygens (including phenoxy) is 3. The van der Waals surface area contributed by atoms with Gasteiger partial charge in [0.15, 0.2) is 5.17 Å². The Morgan fingerprint density at radius 2 is 1.81 bits per heavy atom. The lowest BCUT2D eigenvalue weighted by molar-refractivity contribution is -0.137. The highest BCUT2D eigenvalue weighted by molar-refractivity contribution is 8.15. The van der Waals surface area contributed by atoms with E-state index in [0.717, 1.165) is 17.3 Å². The standard InChI is InChI=1S/C22H18F2N2O5S/c1-29-15-6-2-13(3-7-15)12-17-19(27)26(14-4-8-16(9-5-14)31-21(23)24)22(25-17)32-18-10-11-30-20(18)28/h2-9,12,18,21H,10-11H2,1H3/b17-12-/t18-/m0/s1. The second kappa shape index (κ2) is 9.39. The molecule has 32 heavy (non-hydrogen) atoms. The molecule has 2 aliphatic heterocycles. The average Bonchev–Trinajstić information content (AvgIpc) is 3.32. The summed E-state index contributed by atoms with van der Waals surface area (Å²) >= 11 is 1.13. The van der Waals surface area contributed by atoms with Crippen molar-refractivity contribution in [3.8, 4) is 11.5 Å². The molecule has 0 unspecified atom stereocenters. The highest BCUT2D eigenvalue weighted by atomic mass is 32.2. The molecule has 1 atom stereocenters. The molecule has 2 aromatic rings. The van der Waals surface area contributed by atoms with E-state index in [4.69, 9.17) is 9.47 Å². The first kappa shape index (κ1) is 21.8. The summed E-state index contributed by atoms with van der Waals surface area (Å²) in [5.41, 5.74) is 1.33. The second-order valence-corrected chi connectivity index (χ2v) is 7.94. The number of carbonyl (C=O) groups excluding carboxylic acids is 2. The first-order valence-electron chi connectivity index (χ1n) is 9.61. The lowest BCUT2D eigenvalue weighted by Gasteiger charge is -2.19. The van der Waals surface area contributed by atoms with Gasteiger partial charge in [0.25, 0.3) is 5.91 Å². The number of rotatable bonds is 6. The first-order valence-corrected chi connectivity index (χ1v) is 10.5. The van der Waals surface area contributed by atoms with Crippen LogP contribution >= 0.6 is 11.8 Å². The molecule has 0 saturated carbocycles. The van der Waals surface area contributed by atoms with Crippen molar-refractivity contribution in [3.63, 3.8) is 0 Å². The van der Waals surface area contributed by atoms with E-state index < -0.39 is 17.8 Å². The minimum absolute atomic E-state index is 0.0325. The van der Waals surface area contributed by atoms with Crippen molar-refractivity contribution in [1.29, 1.82) is 0 Å². The zero-order chi connectivity index (χ0) is 22.7. The molecular weight excluding hydrogens is 442 g/mol. The number of hydrogen-bond acceptors (Lipinski definition) is 7. The van der Waals surface area contributed by atoms with Crippen LogP contribution < -0.4 is 14.4 Å². The molecule has 0 spiro atoms. The molecule has 2 aromatic carbocycles. The Morgan fingerprint density at radius 3 is 2.41 bits per heavy atom. The van der Waals surface area contributed by atoms with Gasteiger partial charge < -0.3 is 14.2 Å². The van der Waals surface area contributed by atoms with Crippen LogP contribution in [0.4, 0.5) is 14.5 Å². The molecule has 2 aliphatic rings. The number of carbonyl (C=O) groups is 2. The summed E-state index contributed by atoms with van der Waals surface area (Å²) in [6.07, 6.45) is 2.13. The van der Waals surface area contributed by atoms with Gasteiger partial charge in [-0.1, -0.05) is 23.9 Å². The number of aliphatic imine (C=N–C) groups is 1. The van der Waals surface area contributed by atoms with Crippen LogP contribution in [0.25, 0.3) is 6.08 Å². The third kappa shape index (κ3) is 4.75. The first-order chi connectivity index (χ1) is 15.4. The number of amidine groups is 1. The van der Waals surface area contributed by atoms with Gasteiger partial charge in [0.2, 0.25) is 0 Å². The Kier molecular flexibility index (Phi) is 6.40. The topological polar surface area (TPSA) is 77.4 Å². The summed E-state index contributed by atoms with van der Waals surface area (Å²) < 4.78 is 39.4. The molecule has 4 rings (SSSR count). The van der Waals surface area contributed by atoms with Gasteiger partial charge >= 0.3 is 12.6 Å². The third-order valence-electron chi connectivity index (χ3n) is 4.70. The van der Waals surface area contributed by atoms with Gasteiger partial charge in [-0.25, -0.2) is 4.99 Å². The van der Waals surface area contributed by atoms with Gasteiger partial charge in [0.05, 0.1) is 19.4 Å². The average molecular weight is 460 g/mol. The number of halogens is 2. The Morgan fingerprint density at radius 1 is 1.12 bits per heavy atom. The van der Waals surface area contributed by atoms with Gasteiger partial charge in [-0.05, 0) is 48.0 Å². The van der Waals surface area contributed by atoms with Crippen LogP contribution in [0.1, 0.15) is 12.0 Å². The Balaban J connectivity index is 1.65. The van der Waals surface area contributed by atoms with Crippen LogP contribution in [-0.4, -0.2) is 42.6 Å². The second-order valence-electron chi connectivity index (χ2n) is 6.77. The Bertz CT molecular complexity index is 1070. The summed E-state index contributed by atoms with van der Waals surface area (Å²) in [6.45, 7) is -2.64. The van der Waals surface area contributed by atoms with Gasteiger partial charge in [0.1, 0.15) is 22.4 Å². The molecule has 0 bridgehead atoms. The maximum Gasteiger partial charge on any atom is 0.387 e. The molecule has 1 fully saturated rings. The van der Waals surface area contributed by atoms with Crippen molar-refractivity contribution in [2.45, 2.75) is 18.3 Å². The van der Waals surface area contributed by atoms with E-state index in [-0.39, 0.29) is 17.4 Å². The van der Waals surface area contributed by atoms with Crippen LogP contribution in [0.5, 0.6) is 11.5 Å². The number of methoxy groups -OCH3 is 1. The minimum atomic E-state index is -2.95. The van der Waals surface area contributed by atoms with Crippen molar-refractivity contribution < 1.29 is 32.6 Å². The quantitative estimate of drug-likeness (QED) is 0.478. The fraction of sp³-hybridized carbons (Fsp3) is 0.227. The summed E-state index contributed by atoms with van der Waals surface area (Å²) in [5, 5.41) is -0.174. The fourth-order valence-corrected chi connectivity index (χ4v) is 4.23. The summed E-state index contributed by atoms with van der Waals surface area (Å²) in [5.74, 6) is -0.123. The summed E-state index contributed by atoms with van der Waals surface area (Å²) in [4.78, 5) is 31.0. The molecular formula is C22H18F2N2O5S. The summed E-state index contributed by atoms with van der Waals surface area (Å²) in [7, 11) is 1.56. The zero-order valence-corrected chi connectivity index (χ0v) is 17.7. The largest absolute Gasteiger partial charge is 0.497 e. The van der Waals surface area contributed by atoms with Gasteiger partial charge in [-0.2, -0.15) is 8.78 Å². The number of amides is 1. The summed E-state index contributed by atoms with van der Waals surface area (Å²) in [6, 6.07) is 12.7. The molecule has 10 heteroatoms. The third-order valence-corrected chi connectivity index (χ3v) is 5.90. The molecule has 0 aliphatic carbocycles. The predicted molar refractivity (Wildman–Crippen MR) is 116 cm³/mol. The molecule has 0 radical (unpaired) electrons. The minimum Gasteiger partial charge on any atom is -0.497 e. The molecule has 7 nitrogen and oxygen atoms in total. The molecule has 1 saturated heterocycles. The molecule has 0 N–H and O–H groups in total. The van der Waals surface area contributed by atoms with Gasteiger partial charge in [-0.3, -0.25) is 14.5 Å². The molecule has 2 heterocycles. The fourth-order valence-electron chi connectivity index (χ4n) is 3.15. The van der Waals surface area contributed by atoms with Crippen molar-refractivity contribution in [2.75, 3.05) is 18.6 Å².